The highest BCUT2D eigenvalue weighted by molar-refractivity contribution is 7.99. The normalized spacial score (nSPS) is 11.9. The van der Waals surface area contributed by atoms with E-state index in [1.165, 1.54) is 18.7 Å². The number of aromatic nitrogens is 3. The van der Waals surface area contributed by atoms with Gasteiger partial charge in [0, 0.05) is 12.7 Å². The van der Waals surface area contributed by atoms with Gasteiger partial charge in [0.2, 0.25) is 11.1 Å². The summed E-state index contributed by atoms with van der Waals surface area (Å²) in [6.07, 6.45) is 1.51. The van der Waals surface area contributed by atoms with Crippen LogP contribution in [0.1, 0.15) is 32.2 Å². The van der Waals surface area contributed by atoms with Crippen LogP contribution in [-0.2, 0) is 22.4 Å². The zero-order valence-electron chi connectivity index (χ0n) is 11.7. The first-order valence-corrected chi connectivity index (χ1v) is 7.31. The number of hydrogen-bond acceptors (Lipinski definition) is 6. The number of rotatable bonds is 7. The molecule has 0 radical (unpaired) electrons. The molecule has 0 saturated carbocycles. The second-order valence-electron chi connectivity index (χ2n) is 4.10. The zero-order valence-corrected chi connectivity index (χ0v) is 12.5. The number of nitrogens with one attached hydrogen (secondary N) is 1. The van der Waals surface area contributed by atoms with E-state index in [0.29, 0.717) is 5.16 Å². The van der Waals surface area contributed by atoms with E-state index in [-0.39, 0.29) is 11.7 Å². The fraction of sp³-hybridized carbons (Fsp3) is 0.583. The van der Waals surface area contributed by atoms with Gasteiger partial charge in [0.15, 0.2) is 0 Å². The van der Waals surface area contributed by atoms with Gasteiger partial charge in [-0.05, 0) is 12.8 Å². The SMILES string of the molecule is CCc1nnc(SCC(NC(C)=O)C(=O)O)nc1CC. The Balaban J connectivity index is 2.72. The highest BCUT2D eigenvalue weighted by Crippen LogP contribution is 2.15. The van der Waals surface area contributed by atoms with Crippen LogP contribution in [-0.4, -0.2) is 44.0 Å². The molecule has 110 valence electrons. The van der Waals surface area contributed by atoms with Crippen LogP contribution >= 0.6 is 11.8 Å². The smallest absolute Gasteiger partial charge is 0.327 e. The van der Waals surface area contributed by atoms with E-state index in [4.69, 9.17) is 5.11 Å². The molecule has 0 saturated heterocycles. The molecule has 1 rings (SSSR count). The van der Waals surface area contributed by atoms with Crippen LogP contribution in [0.3, 0.4) is 0 Å². The highest BCUT2D eigenvalue weighted by atomic mass is 32.2. The molecule has 0 spiro atoms. The molecule has 0 aliphatic heterocycles. The molecule has 1 atom stereocenters. The van der Waals surface area contributed by atoms with Crippen LogP contribution in [0, 0.1) is 0 Å². The molecular weight excluding hydrogens is 280 g/mol. The number of carbonyl (C=O) groups excluding carboxylic acids is 1. The molecule has 0 aromatic carbocycles. The van der Waals surface area contributed by atoms with Crippen LogP contribution < -0.4 is 5.32 Å². The minimum absolute atomic E-state index is 0.158. The topological polar surface area (TPSA) is 105 Å². The van der Waals surface area contributed by atoms with E-state index in [1.807, 2.05) is 13.8 Å². The van der Waals surface area contributed by atoms with Gasteiger partial charge in [-0.1, -0.05) is 25.6 Å². The Morgan fingerprint density at radius 1 is 1.25 bits per heavy atom. The van der Waals surface area contributed by atoms with E-state index < -0.39 is 12.0 Å². The molecule has 7 nitrogen and oxygen atoms in total. The summed E-state index contributed by atoms with van der Waals surface area (Å²) in [4.78, 5) is 26.3. The molecule has 0 fully saturated rings. The van der Waals surface area contributed by atoms with Crippen molar-refractivity contribution in [2.45, 2.75) is 44.8 Å². The first-order chi connectivity index (χ1) is 9.47. The second-order valence-corrected chi connectivity index (χ2v) is 5.08. The van der Waals surface area contributed by atoms with Gasteiger partial charge in [-0.2, -0.15) is 5.10 Å². The largest absolute Gasteiger partial charge is 0.480 e. The van der Waals surface area contributed by atoms with Gasteiger partial charge >= 0.3 is 5.97 Å². The predicted octanol–water partition coefficient (Wildman–Crippen LogP) is 0.678. The molecule has 2 N–H and O–H groups in total. The third-order valence-electron chi connectivity index (χ3n) is 2.54. The van der Waals surface area contributed by atoms with Crippen molar-refractivity contribution in [2.75, 3.05) is 5.75 Å². The van der Waals surface area contributed by atoms with Gasteiger partial charge in [0.05, 0.1) is 11.4 Å². The Hall–Kier alpha value is -1.70. The van der Waals surface area contributed by atoms with Crippen LogP contribution in [0.5, 0.6) is 0 Å². The van der Waals surface area contributed by atoms with Crippen LogP contribution in [0.25, 0.3) is 0 Å². The molecule has 0 aliphatic carbocycles. The number of hydrogen-bond donors (Lipinski definition) is 2. The van der Waals surface area contributed by atoms with Gasteiger partial charge in [-0.3, -0.25) is 4.79 Å². The predicted molar refractivity (Wildman–Crippen MR) is 74.5 cm³/mol. The maximum absolute atomic E-state index is 11.0. The average molecular weight is 298 g/mol. The fourth-order valence-electron chi connectivity index (χ4n) is 1.56. The Morgan fingerprint density at radius 3 is 2.40 bits per heavy atom. The molecule has 1 amide bonds. The Kier molecular flexibility index (Phi) is 6.37. The number of amides is 1. The number of carboxylic acid groups (broad SMARTS) is 1. The molecule has 0 aliphatic rings. The van der Waals surface area contributed by atoms with Crippen molar-refractivity contribution in [3.63, 3.8) is 0 Å². The maximum atomic E-state index is 11.0. The van der Waals surface area contributed by atoms with Crippen molar-refractivity contribution < 1.29 is 14.7 Å². The highest BCUT2D eigenvalue weighted by Gasteiger charge is 2.19. The monoisotopic (exact) mass is 298 g/mol. The lowest BCUT2D eigenvalue weighted by Gasteiger charge is -2.12. The summed E-state index contributed by atoms with van der Waals surface area (Å²) in [6, 6.07) is -0.961. The summed E-state index contributed by atoms with van der Waals surface area (Å²) >= 11 is 1.17. The molecule has 8 heteroatoms. The van der Waals surface area contributed by atoms with Gasteiger partial charge in [-0.25, -0.2) is 9.78 Å². The first-order valence-electron chi connectivity index (χ1n) is 6.33. The second kappa shape index (κ2) is 7.78. The van der Waals surface area contributed by atoms with Gasteiger partial charge in [0.1, 0.15) is 6.04 Å². The molecule has 1 aromatic heterocycles. The Labute approximate surface area is 121 Å². The molecule has 1 unspecified atom stereocenters. The quantitative estimate of drug-likeness (QED) is 0.713. The summed E-state index contributed by atoms with van der Waals surface area (Å²) in [5.41, 5.74) is 1.73. The zero-order chi connectivity index (χ0) is 15.1. The lowest BCUT2D eigenvalue weighted by molar-refractivity contribution is -0.140. The third-order valence-corrected chi connectivity index (χ3v) is 3.48. The van der Waals surface area contributed by atoms with Crippen molar-refractivity contribution >= 4 is 23.6 Å². The summed E-state index contributed by atoms with van der Waals surface area (Å²) in [5.74, 6) is -1.31. The maximum Gasteiger partial charge on any atom is 0.327 e. The van der Waals surface area contributed by atoms with E-state index in [1.54, 1.807) is 0 Å². The minimum Gasteiger partial charge on any atom is -0.480 e. The number of thioether (sulfide) groups is 1. The molecule has 1 aromatic rings. The Morgan fingerprint density at radius 2 is 1.90 bits per heavy atom. The molecule has 20 heavy (non-hydrogen) atoms. The first kappa shape index (κ1) is 16.4. The van der Waals surface area contributed by atoms with Crippen molar-refractivity contribution in [3.8, 4) is 0 Å². The van der Waals surface area contributed by atoms with Gasteiger partial charge in [0.25, 0.3) is 0 Å². The number of carbonyl (C=O) groups is 2. The molecular formula is C12H18N4O3S. The van der Waals surface area contributed by atoms with Crippen LogP contribution in [0.4, 0.5) is 0 Å². The number of nitrogens with zero attached hydrogens (tertiary/aromatic N) is 3. The molecule has 1 heterocycles. The lowest BCUT2D eigenvalue weighted by Crippen LogP contribution is -2.41. The van der Waals surface area contributed by atoms with Gasteiger partial charge < -0.3 is 10.4 Å². The fourth-order valence-corrected chi connectivity index (χ4v) is 2.38. The van der Waals surface area contributed by atoms with Crippen molar-refractivity contribution in [2.24, 2.45) is 0 Å². The summed E-state index contributed by atoms with van der Waals surface area (Å²) in [7, 11) is 0. The van der Waals surface area contributed by atoms with E-state index >= 15 is 0 Å². The van der Waals surface area contributed by atoms with E-state index in [0.717, 1.165) is 24.2 Å². The van der Waals surface area contributed by atoms with Crippen molar-refractivity contribution in [1.82, 2.24) is 20.5 Å². The minimum atomic E-state index is -1.08. The number of aliphatic carboxylic acids is 1. The third kappa shape index (κ3) is 4.76. The molecule has 0 bridgehead atoms. The lowest BCUT2D eigenvalue weighted by atomic mass is 10.2. The van der Waals surface area contributed by atoms with Crippen LogP contribution in [0.15, 0.2) is 5.16 Å². The van der Waals surface area contributed by atoms with E-state index in [2.05, 4.69) is 20.5 Å². The average Bonchev–Trinajstić information content (AvgIpc) is 2.42. The van der Waals surface area contributed by atoms with Gasteiger partial charge in [-0.15, -0.1) is 5.10 Å². The van der Waals surface area contributed by atoms with Crippen LogP contribution in [0.2, 0.25) is 0 Å². The standard InChI is InChI=1S/C12H18N4O3S/c1-4-8-9(5-2)15-16-12(14-8)20-6-10(11(18)19)13-7(3)17/h10H,4-6H2,1-3H3,(H,13,17)(H,18,19). The van der Waals surface area contributed by atoms with Crippen molar-refractivity contribution in [3.05, 3.63) is 11.4 Å². The summed E-state index contributed by atoms with van der Waals surface area (Å²) in [5, 5.41) is 19.8. The van der Waals surface area contributed by atoms with E-state index in [9.17, 15) is 9.59 Å². The number of carboxylic acids is 1. The Bertz CT molecular complexity index is 496. The summed E-state index contributed by atoms with van der Waals surface area (Å²) in [6.45, 7) is 5.24. The summed E-state index contributed by atoms with van der Waals surface area (Å²) < 4.78 is 0. The number of aryl methyl sites for hydroxylation is 2. The van der Waals surface area contributed by atoms with Crippen molar-refractivity contribution in [1.29, 1.82) is 0 Å².